The molecule has 0 bridgehead atoms. The van der Waals surface area contributed by atoms with E-state index in [1.807, 2.05) is 19.1 Å². The summed E-state index contributed by atoms with van der Waals surface area (Å²) in [5, 5.41) is 11.9. The molecule has 5 aliphatic rings. The fourth-order valence-corrected chi connectivity index (χ4v) is 7.87. The van der Waals surface area contributed by atoms with Gasteiger partial charge in [-0.25, -0.2) is 0 Å². The van der Waals surface area contributed by atoms with E-state index in [1.54, 1.807) is 0 Å². The van der Waals surface area contributed by atoms with Crippen molar-refractivity contribution >= 4 is 5.78 Å². The third-order valence-electron chi connectivity index (χ3n) is 9.84. The van der Waals surface area contributed by atoms with E-state index in [1.165, 1.54) is 22.3 Å². The molecule has 0 aromatic heterocycles. The van der Waals surface area contributed by atoms with E-state index in [2.05, 4.69) is 37.8 Å². The van der Waals surface area contributed by atoms with Gasteiger partial charge in [-0.3, -0.25) is 4.79 Å². The van der Waals surface area contributed by atoms with Gasteiger partial charge in [0.25, 0.3) is 0 Å². The second-order valence-corrected chi connectivity index (χ2v) is 11.0. The number of hydrogen-bond acceptors (Lipinski definition) is 4. The van der Waals surface area contributed by atoms with Crippen LogP contribution in [-0.4, -0.2) is 23.3 Å². The van der Waals surface area contributed by atoms with Gasteiger partial charge in [-0.2, -0.15) is 0 Å². The van der Waals surface area contributed by atoms with Crippen LogP contribution in [0.2, 0.25) is 0 Å². The van der Waals surface area contributed by atoms with E-state index < -0.39 is 5.60 Å². The molecular formula is C29H32O4. The average Bonchev–Trinajstić information content (AvgIpc) is 3.34. The monoisotopic (exact) mass is 444 g/mol. The third-order valence-corrected chi connectivity index (χ3v) is 9.84. The quantitative estimate of drug-likeness (QED) is 0.585. The van der Waals surface area contributed by atoms with Crippen LogP contribution in [0.15, 0.2) is 41.0 Å². The molecule has 0 spiro atoms. The number of benzene rings is 1. The van der Waals surface area contributed by atoms with Gasteiger partial charge in [0.15, 0.2) is 17.3 Å². The predicted molar refractivity (Wildman–Crippen MR) is 126 cm³/mol. The van der Waals surface area contributed by atoms with Crippen LogP contribution in [0.4, 0.5) is 0 Å². The van der Waals surface area contributed by atoms with Crippen molar-refractivity contribution in [1.29, 1.82) is 0 Å². The van der Waals surface area contributed by atoms with Crippen LogP contribution in [0.25, 0.3) is 0 Å². The lowest BCUT2D eigenvalue weighted by molar-refractivity contribution is -0.114. The first kappa shape index (κ1) is 21.1. The maximum Gasteiger partial charge on any atom is 0.231 e. The fraction of sp³-hybridized carbons (Fsp3) is 0.552. The van der Waals surface area contributed by atoms with Crippen LogP contribution < -0.4 is 9.47 Å². The molecule has 0 unspecified atom stereocenters. The normalized spacial score (nSPS) is 38.7. The van der Waals surface area contributed by atoms with Gasteiger partial charge in [0, 0.05) is 17.8 Å². The van der Waals surface area contributed by atoms with Crippen molar-refractivity contribution in [2.24, 2.45) is 16.7 Å². The number of fused-ring (bicyclic) bond motifs is 5. The molecule has 0 radical (unpaired) electrons. The summed E-state index contributed by atoms with van der Waals surface area (Å²) in [6.07, 6.45) is 7.85. The van der Waals surface area contributed by atoms with E-state index in [4.69, 9.17) is 9.47 Å². The van der Waals surface area contributed by atoms with Crippen LogP contribution in [0.3, 0.4) is 0 Å². The summed E-state index contributed by atoms with van der Waals surface area (Å²) in [5.74, 6) is 8.68. The lowest BCUT2D eigenvalue weighted by atomic mass is 9.45. The van der Waals surface area contributed by atoms with Crippen LogP contribution in [-0.2, 0) is 4.79 Å². The number of allylic oxidation sites excluding steroid dienone is 4. The second-order valence-electron chi connectivity index (χ2n) is 11.0. The summed E-state index contributed by atoms with van der Waals surface area (Å²) in [6, 6.07) is 6.32. The van der Waals surface area contributed by atoms with Crippen LogP contribution in [0, 0.1) is 28.6 Å². The largest absolute Gasteiger partial charge is 0.454 e. The van der Waals surface area contributed by atoms with E-state index in [0.29, 0.717) is 12.3 Å². The average molecular weight is 445 g/mol. The van der Waals surface area contributed by atoms with Crippen molar-refractivity contribution < 1.29 is 19.4 Å². The number of hydrogen-bond donors (Lipinski definition) is 1. The SMILES string of the molecule is CC#C[C@]1(O)CC[C@@]2(C)[C@@H]3CCC4=CC(=O)CCC4=C3[C@@H](c3ccc4c(c3)OCO4)C[C@@]21C. The minimum Gasteiger partial charge on any atom is -0.454 e. The molecule has 4 heteroatoms. The molecule has 172 valence electrons. The number of carbonyl (C=O) groups is 1. The maximum atomic E-state index is 12.2. The van der Waals surface area contributed by atoms with Gasteiger partial charge in [-0.05, 0) is 91.7 Å². The van der Waals surface area contributed by atoms with Crippen LogP contribution in [0.1, 0.15) is 77.2 Å². The van der Waals surface area contributed by atoms with E-state index in [0.717, 1.165) is 50.0 Å². The van der Waals surface area contributed by atoms with E-state index >= 15 is 0 Å². The smallest absolute Gasteiger partial charge is 0.231 e. The van der Waals surface area contributed by atoms with Gasteiger partial charge in [0.05, 0.1) is 0 Å². The molecule has 4 aliphatic carbocycles. The van der Waals surface area contributed by atoms with Crippen molar-refractivity contribution in [3.05, 3.63) is 46.6 Å². The summed E-state index contributed by atoms with van der Waals surface area (Å²) >= 11 is 0. The molecule has 33 heavy (non-hydrogen) atoms. The van der Waals surface area contributed by atoms with Gasteiger partial charge in [-0.1, -0.05) is 31.4 Å². The molecule has 2 fully saturated rings. The zero-order valence-electron chi connectivity index (χ0n) is 19.8. The van der Waals surface area contributed by atoms with Gasteiger partial charge in [-0.15, -0.1) is 5.92 Å². The summed E-state index contributed by atoms with van der Waals surface area (Å²) in [4.78, 5) is 12.2. The molecule has 1 aromatic rings. The lowest BCUT2D eigenvalue weighted by Gasteiger charge is -2.59. The van der Waals surface area contributed by atoms with Crippen molar-refractivity contribution in [1.82, 2.24) is 0 Å². The highest BCUT2D eigenvalue weighted by Crippen LogP contribution is 2.72. The Morgan fingerprint density at radius 1 is 1.09 bits per heavy atom. The molecule has 1 aliphatic heterocycles. The number of ether oxygens (including phenoxy) is 2. The molecule has 4 nitrogen and oxygen atoms in total. The number of ketones is 1. The van der Waals surface area contributed by atoms with Crippen LogP contribution in [0.5, 0.6) is 11.5 Å². The summed E-state index contributed by atoms with van der Waals surface area (Å²) in [6.45, 7) is 6.77. The Kier molecular flexibility index (Phi) is 4.46. The topological polar surface area (TPSA) is 55.8 Å². The predicted octanol–water partition coefficient (Wildman–Crippen LogP) is 5.46. The molecule has 5 atom stereocenters. The third kappa shape index (κ3) is 2.72. The van der Waals surface area contributed by atoms with E-state index in [-0.39, 0.29) is 29.3 Å². The Labute approximate surface area is 196 Å². The van der Waals surface area contributed by atoms with Gasteiger partial charge < -0.3 is 14.6 Å². The summed E-state index contributed by atoms with van der Waals surface area (Å²) < 4.78 is 11.3. The minimum atomic E-state index is -0.986. The highest BCUT2D eigenvalue weighted by molar-refractivity contribution is 5.93. The van der Waals surface area contributed by atoms with Crippen molar-refractivity contribution in [3.8, 4) is 23.3 Å². The van der Waals surface area contributed by atoms with Crippen molar-refractivity contribution in [3.63, 3.8) is 0 Å². The minimum absolute atomic E-state index is 0.0340. The van der Waals surface area contributed by atoms with Gasteiger partial charge >= 0.3 is 0 Å². The molecule has 1 N–H and O–H groups in total. The molecule has 1 aromatic carbocycles. The summed E-state index contributed by atoms with van der Waals surface area (Å²) in [5.41, 5.74) is 4.03. The zero-order chi connectivity index (χ0) is 23.0. The summed E-state index contributed by atoms with van der Waals surface area (Å²) in [7, 11) is 0. The number of carbonyl (C=O) groups excluding carboxylic acids is 1. The number of aliphatic hydroxyl groups is 1. The molecule has 1 heterocycles. The van der Waals surface area contributed by atoms with Crippen molar-refractivity contribution in [2.45, 2.75) is 77.2 Å². The highest BCUT2D eigenvalue weighted by Gasteiger charge is 2.68. The Morgan fingerprint density at radius 2 is 1.91 bits per heavy atom. The standard InChI is InChI=1S/C29H32O4/c1-4-11-29(31)13-12-27(2)23-9-5-18-14-20(30)7-8-21(18)26(23)22(16-28(27,29)3)19-6-10-24-25(15-19)33-17-32-24/h6,10,14-15,22-23,31H,5,7-9,12-13,16-17H2,1-3H3/t22-,23-,27+,28+,29+/m1/s1. The first-order chi connectivity index (χ1) is 15.8. The second kappa shape index (κ2) is 7.00. The Bertz CT molecular complexity index is 1180. The molecule has 2 saturated carbocycles. The van der Waals surface area contributed by atoms with Gasteiger partial charge in [0.1, 0.15) is 5.60 Å². The molecular weight excluding hydrogens is 412 g/mol. The first-order valence-electron chi connectivity index (χ1n) is 12.3. The molecule has 0 saturated heterocycles. The van der Waals surface area contributed by atoms with Gasteiger partial charge in [0.2, 0.25) is 6.79 Å². The Morgan fingerprint density at radius 3 is 2.73 bits per heavy atom. The zero-order valence-corrected chi connectivity index (χ0v) is 19.8. The maximum absolute atomic E-state index is 12.2. The highest BCUT2D eigenvalue weighted by atomic mass is 16.7. The molecule has 0 amide bonds. The number of rotatable bonds is 1. The first-order valence-corrected chi connectivity index (χ1v) is 12.3. The van der Waals surface area contributed by atoms with E-state index in [9.17, 15) is 9.90 Å². The Hall–Kier alpha value is -2.51. The molecule has 6 rings (SSSR count). The van der Waals surface area contributed by atoms with Crippen molar-refractivity contribution in [2.75, 3.05) is 6.79 Å². The van der Waals surface area contributed by atoms with Crippen LogP contribution >= 0.6 is 0 Å². The fourth-order valence-electron chi connectivity index (χ4n) is 7.87. The Balaban J connectivity index is 1.57. The lowest BCUT2D eigenvalue weighted by Crippen LogP contribution is -2.56.